The number of hydrogen-bond donors (Lipinski definition) is 1. The zero-order chi connectivity index (χ0) is 14.0. The molecule has 100 valence electrons. The van der Waals surface area contributed by atoms with Crippen LogP contribution in [0.5, 0.6) is 0 Å². The topological polar surface area (TPSA) is 54.9 Å². The molecule has 1 aromatic carbocycles. The summed E-state index contributed by atoms with van der Waals surface area (Å²) >= 11 is 1.36. The van der Waals surface area contributed by atoms with Crippen molar-refractivity contribution in [3.8, 4) is 0 Å². The summed E-state index contributed by atoms with van der Waals surface area (Å²) in [7, 11) is 0. The quantitative estimate of drug-likeness (QED) is 0.914. The third-order valence-corrected chi connectivity index (χ3v) is 3.51. The molecule has 5 heteroatoms. The number of carbonyl (C=O) groups is 1. The highest BCUT2D eigenvalue weighted by molar-refractivity contribution is 7.15. The SMILES string of the molecule is Cc1nnc(NC(=O)c2ccc(C(C)(C)C)cc2)s1. The predicted molar refractivity (Wildman–Crippen MR) is 77.7 cm³/mol. The number of rotatable bonds is 2. The molecule has 19 heavy (non-hydrogen) atoms. The minimum Gasteiger partial charge on any atom is -0.296 e. The van der Waals surface area contributed by atoms with E-state index in [0.717, 1.165) is 5.01 Å². The summed E-state index contributed by atoms with van der Waals surface area (Å²) in [6, 6.07) is 7.65. The highest BCUT2D eigenvalue weighted by atomic mass is 32.1. The van der Waals surface area contributed by atoms with E-state index in [-0.39, 0.29) is 11.3 Å². The van der Waals surface area contributed by atoms with Gasteiger partial charge in [0.2, 0.25) is 5.13 Å². The molecular formula is C14H17N3OS. The molecule has 0 aliphatic carbocycles. The van der Waals surface area contributed by atoms with Gasteiger partial charge in [0.05, 0.1) is 0 Å². The number of benzene rings is 1. The lowest BCUT2D eigenvalue weighted by molar-refractivity contribution is 0.102. The Hall–Kier alpha value is -1.75. The summed E-state index contributed by atoms with van der Waals surface area (Å²) in [6.45, 7) is 8.29. The van der Waals surface area contributed by atoms with E-state index in [1.54, 1.807) is 0 Å². The van der Waals surface area contributed by atoms with Crippen LogP contribution in [0.25, 0.3) is 0 Å². The van der Waals surface area contributed by atoms with Gasteiger partial charge in [-0.25, -0.2) is 0 Å². The van der Waals surface area contributed by atoms with Crippen LogP contribution in [-0.4, -0.2) is 16.1 Å². The molecule has 2 rings (SSSR count). The molecule has 0 saturated heterocycles. The molecule has 0 aliphatic heterocycles. The van der Waals surface area contributed by atoms with Crippen LogP contribution in [0, 0.1) is 6.92 Å². The van der Waals surface area contributed by atoms with Gasteiger partial charge in [-0.2, -0.15) is 0 Å². The molecule has 0 fully saturated rings. The predicted octanol–water partition coefficient (Wildman–Crippen LogP) is 3.40. The number of aryl methyl sites for hydroxylation is 1. The number of carbonyl (C=O) groups excluding carboxylic acids is 1. The molecule has 1 N–H and O–H groups in total. The lowest BCUT2D eigenvalue weighted by Gasteiger charge is -2.18. The first-order chi connectivity index (χ1) is 8.86. The molecule has 1 heterocycles. The Morgan fingerprint density at radius 3 is 2.26 bits per heavy atom. The second kappa shape index (κ2) is 5.09. The normalized spacial score (nSPS) is 11.4. The third-order valence-electron chi connectivity index (χ3n) is 2.76. The van der Waals surface area contributed by atoms with Crippen molar-refractivity contribution in [1.82, 2.24) is 10.2 Å². The van der Waals surface area contributed by atoms with Crippen molar-refractivity contribution in [3.63, 3.8) is 0 Å². The lowest BCUT2D eigenvalue weighted by Crippen LogP contribution is -2.14. The smallest absolute Gasteiger partial charge is 0.257 e. The van der Waals surface area contributed by atoms with Crippen LogP contribution in [0.15, 0.2) is 24.3 Å². The molecule has 0 atom stereocenters. The van der Waals surface area contributed by atoms with Gasteiger partial charge >= 0.3 is 0 Å². The Bertz CT molecular complexity index is 581. The van der Waals surface area contributed by atoms with Gasteiger partial charge < -0.3 is 0 Å². The van der Waals surface area contributed by atoms with Gasteiger partial charge in [0, 0.05) is 5.56 Å². The molecule has 0 unspecified atom stereocenters. The number of anilines is 1. The Balaban J connectivity index is 2.12. The second-order valence-corrected chi connectivity index (χ2v) is 6.59. The van der Waals surface area contributed by atoms with Gasteiger partial charge in [-0.15, -0.1) is 10.2 Å². The maximum absolute atomic E-state index is 12.0. The summed E-state index contributed by atoms with van der Waals surface area (Å²) in [5.41, 5.74) is 1.92. The summed E-state index contributed by atoms with van der Waals surface area (Å²) in [5, 5.41) is 11.8. The zero-order valence-corrected chi connectivity index (χ0v) is 12.3. The van der Waals surface area contributed by atoms with Crippen molar-refractivity contribution in [1.29, 1.82) is 0 Å². The first-order valence-electron chi connectivity index (χ1n) is 6.08. The fraction of sp³-hybridized carbons (Fsp3) is 0.357. The molecule has 0 saturated carbocycles. The van der Waals surface area contributed by atoms with Crippen molar-refractivity contribution in [3.05, 3.63) is 40.4 Å². The molecule has 1 amide bonds. The number of nitrogens with zero attached hydrogens (tertiary/aromatic N) is 2. The number of aromatic nitrogens is 2. The molecule has 4 nitrogen and oxygen atoms in total. The monoisotopic (exact) mass is 275 g/mol. The summed E-state index contributed by atoms with van der Waals surface area (Å²) in [6.07, 6.45) is 0. The number of hydrogen-bond acceptors (Lipinski definition) is 4. The van der Waals surface area contributed by atoms with Crippen LogP contribution in [0.2, 0.25) is 0 Å². The molecule has 2 aromatic rings. The van der Waals surface area contributed by atoms with Crippen molar-refractivity contribution in [2.45, 2.75) is 33.1 Å². The van der Waals surface area contributed by atoms with E-state index in [1.165, 1.54) is 16.9 Å². The molecule has 0 aliphatic rings. The lowest BCUT2D eigenvalue weighted by atomic mass is 9.87. The van der Waals surface area contributed by atoms with Gasteiger partial charge in [-0.3, -0.25) is 10.1 Å². The van der Waals surface area contributed by atoms with Crippen LogP contribution in [0.1, 0.15) is 41.7 Å². The Morgan fingerprint density at radius 2 is 1.79 bits per heavy atom. The van der Waals surface area contributed by atoms with E-state index in [1.807, 2.05) is 31.2 Å². The fourth-order valence-corrected chi connectivity index (χ4v) is 2.22. The highest BCUT2D eigenvalue weighted by Gasteiger charge is 2.14. The van der Waals surface area contributed by atoms with E-state index in [9.17, 15) is 4.79 Å². The average Bonchev–Trinajstić information content (AvgIpc) is 2.74. The van der Waals surface area contributed by atoms with Crippen molar-refractivity contribution in [2.75, 3.05) is 5.32 Å². The average molecular weight is 275 g/mol. The van der Waals surface area contributed by atoms with Gasteiger partial charge in [0.1, 0.15) is 5.01 Å². The van der Waals surface area contributed by atoms with Crippen LogP contribution >= 0.6 is 11.3 Å². The first-order valence-corrected chi connectivity index (χ1v) is 6.90. The van der Waals surface area contributed by atoms with Gasteiger partial charge in [0.15, 0.2) is 0 Å². The van der Waals surface area contributed by atoms with E-state index in [2.05, 4.69) is 36.3 Å². The minimum absolute atomic E-state index is 0.0886. The fourth-order valence-electron chi connectivity index (χ4n) is 1.64. The summed E-state index contributed by atoms with van der Waals surface area (Å²) in [4.78, 5) is 12.0. The van der Waals surface area contributed by atoms with Crippen molar-refractivity contribution >= 4 is 22.4 Å². The Kier molecular flexibility index (Phi) is 3.66. The summed E-state index contributed by atoms with van der Waals surface area (Å²) < 4.78 is 0. The number of amides is 1. The molecule has 0 spiro atoms. The molecule has 0 bridgehead atoms. The van der Waals surface area contributed by atoms with Gasteiger partial charge in [0.25, 0.3) is 5.91 Å². The zero-order valence-electron chi connectivity index (χ0n) is 11.5. The standard InChI is InChI=1S/C14H17N3OS/c1-9-16-17-13(19-9)15-12(18)10-5-7-11(8-6-10)14(2,3)4/h5-8H,1-4H3,(H,15,17,18). The summed E-state index contributed by atoms with van der Waals surface area (Å²) in [5.74, 6) is -0.156. The van der Waals surface area contributed by atoms with E-state index in [4.69, 9.17) is 0 Å². The largest absolute Gasteiger partial charge is 0.296 e. The van der Waals surface area contributed by atoms with Crippen LogP contribution in [0.3, 0.4) is 0 Å². The Labute approximate surface area is 116 Å². The van der Waals surface area contributed by atoms with Crippen molar-refractivity contribution < 1.29 is 4.79 Å². The molecule has 0 radical (unpaired) electrons. The van der Waals surface area contributed by atoms with E-state index >= 15 is 0 Å². The van der Waals surface area contributed by atoms with Crippen LogP contribution in [0.4, 0.5) is 5.13 Å². The van der Waals surface area contributed by atoms with Crippen molar-refractivity contribution in [2.24, 2.45) is 0 Å². The molecular weight excluding hydrogens is 258 g/mol. The highest BCUT2D eigenvalue weighted by Crippen LogP contribution is 2.22. The number of nitrogens with one attached hydrogen (secondary N) is 1. The molecule has 1 aromatic heterocycles. The first kappa shape index (κ1) is 13.7. The van der Waals surface area contributed by atoms with Crippen LogP contribution < -0.4 is 5.32 Å². The maximum Gasteiger partial charge on any atom is 0.257 e. The Morgan fingerprint density at radius 1 is 1.16 bits per heavy atom. The maximum atomic E-state index is 12.0. The van der Waals surface area contributed by atoms with E-state index in [0.29, 0.717) is 10.7 Å². The minimum atomic E-state index is -0.156. The third kappa shape index (κ3) is 3.38. The van der Waals surface area contributed by atoms with E-state index < -0.39 is 0 Å². The van der Waals surface area contributed by atoms with Gasteiger partial charge in [-0.05, 0) is 30.0 Å². The second-order valence-electron chi connectivity index (χ2n) is 5.41. The van der Waals surface area contributed by atoms with Gasteiger partial charge in [-0.1, -0.05) is 44.2 Å². The van der Waals surface area contributed by atoms with Crippen LogP contribution in [-0.2, 0) is 5.41 Å².